The van der Waals surface area contributed by atoms with Crippen molar-refractivity contribution >= 4 is 11.6 Å². The van der Waals surface area contributed by atoms with E-state index in [1.54, 1.807) is 6.07 Å². The van der Waals surface area contributed by atoms with E-state index < -0.39 is 0 Å². The molecule has 0 spiro atoms. The third kappa shape index (κ3) is 4.12. The third-order valence-electron chi connectivity index (χ3n) is 5.35. The zero-order valence-electron chi connectivity index (χ0n) is 16.0. The molecule has 1 aliphatic rings. The minimum Gasteiger partial charge on any atom is -0.278 e. The van der Waals surface area contributed by atoms with E-state index in [0.717, 1.165) is 35.8 Å². The summed E-state index contributed by atoms with van der Waals surface area (Å²) >= 11 is 6.57. The van der Waals surface area contributed by atoms with Crippen LogP contribution in [-0.4, -0.2) is 22.9 Å². The van der Waals surface area contributed by atoms with Gasteiger partial charge in [-0.05, 0) is 24.6 Å². The van der Waals surface area contributed by atoms with Crippen LogP contribution in [0, 0.1) is 12.7 Å². The summed E-state index contributed by atoms with van der Waals surface area (Å²) in [6.45, 7) is 5.30. The van der Waals surface area contributed by atoms with Crippen molar-refractivity contribution in [2.45, 2.75) is 26.2 Å². The summed E-state index contributed by atoms with van der Waals surface area (Å²) in [6, 6.07) is 23.6. The maximum atomic E-state index is 14.3. The van der Waals surface area contributed by atoms with Crippen LogP contribution in [0.25, 0.3) is 0 Å². The van der Waals surface area contributed by atoms with Crippen LogP contribution in [0.2, 0.25) is 5.02 Å². The zero-order valence-corrected chi connectivity index (χ0v) is 16.7. The average molecular weight is 395 g/mol. The first-order valence-electron chi connectivity index (χ1n) is 9.63. The molecule has 144 valence electrons. The molecule has 0 unspecified atom stereocenters. The second-order valence-corrected chi connectivity index (χ2v) is 7.82. The first kappa shape index (κ1) is 19.1. The fourth-order valence-electron chi connectivity index (χ4n) is 4.03. The second-order valence-electron chi connectivity index (χ2n) is 7.42. The van der Waals surface area contributed by atoms with Crippen molar-refractivity contribution in [1.82, 2.24) is 9.80 Å². The predicted octanol–water partition coefficient (Wildman–Crippen LogP) is 5.80. The van der Waals surface area contributed by atoms with Gasteiger partial charge in [-0.3, -0.25) is 9.80 Å². The first-order chi connectivity index (χ1) is 13.6. The van der Waals surface area contributed by atoms with Crippen molar-refractivity contribution in [3.63, 3.8) is 0 Å². The van der Waals surface area contributed by atoms with Crippen molar-refractivity contribution in [2.75, 3.05) is 13.1 Å². The highest BCUT2D eigenvalue weighted by molar-refractivity contribution is 6.31. The van der Waals surface area contributed by atoms with Crippen molar-refractivity contribution in [3.05, 3.63) is 106 Å². The Kier molecular flexibility index (Phi) is 5.77. The summed E-state index contributed by atoms with van der Waals surface area (Å²) in [5.41, 5.74) is 4.33. The van der Waals surface area contributed by atoms with E-state index in [1.165, 1.54) is 17.2 Å². The Morgan fingerprint density at radius 1 is 0.893 bits per heavy atom. The number of hydrogen-bond donors (Lipinski definition) is 0. The Morgan fingerprint density at radius 2 is 1.61 bits per heavy atom. The summed E-state index contributed by atoms with van der Waals surface area (Å²) in [7, 11) is 0. The first-order valence-corrected chi connectivity index (χ1v) is 10.0. The minimum atomic E-state index is -0.155. The van der Waals surface area contributed by atoms with Gasteiger partial charge >= 0.3 is 0 Å². The number of benzene rings is 3. The van der Waals surface area contributed by atoms with Gasteiger partial charge in [-0.15, -0.1) is 0 Å². The lowest BCUT2D eigenvalue weighted by Gasteiger charge is -2.31. The van der Waals surface area contributed by atoms with E-state index >= 15 is 0 Å². The van der Waals surface area contributed by atoms with Crippen LogP contribution < -0.4 is 0 Å². The summed E-state index contributed by atoms with van der Waals surface area (Å²) < 4.78 is 14.3. The molecule has 0 radical (unpaired) electrons. The van der Waals surface area contributed by atoms with E-state index in [-0.39, 0.29) is 12.0 Å². The van der Waals surface area contributed by atoms with Crippen LogP contribution >= 0.6 is 11.6 Å². The smallest absolute Gasteiger partial charge is 0.127 e. The summed E-state index contributed by atoms with van der Waals surface area (Å²) in [5.74, 6) is -0.155. The van der Waals surface area contributed by atoms with Gasteiger partial charge in [0.1, 0.15) is 5.82 Å². The highest BCUT2D eigenvalue weighted by Crippen LogP contribution is 2.36. The summed E-state index contributed by atoms with van der Waals surface area (Å²) in [5, 5.41) is 0.752. The molecule has 2 nitrogen and oxygen atoms in total. The van der Waals surface area contributed by atoms with Gasteiger partial charge in [0.25, 0.3) is 0 Å². The van der Waals surface area contributed by atoms with Crippen LogP contribution in [0.4, 0.5) is 4.39 Å². The van der Waals surface area contributed by atoms with Gasteiger partial charge in [-0.25, -0.2) is 4.39 Å². The molecule has 1 aliphatic heterocycles. The molecule has 0 aromatic heterocycles. The molecule has 0 N–H and O–H groups in total. The summed E-state index contributed by atoms with van der Waals surface area (Å²) in [6.07, 6.45) is 0.0221. The molecule has 1 fully saturated rings. The van der Waals surface area contributed by atoms with Crippen molar-refractivity contribution in [1.29, 1.82) is 0 Å². The molecule has 0 aliphatic carbocycles. The van der Waals surface area contributed by atoms with Gasteiger partial charge < -0.3 is 0 Å². The van der Waals surface area contributed by atoms with E-state index in [2.05, 4.69) is 47.1 Å². The van der Waals surface area contributed by atoms with Crippen LogP contribution in [0.5, 0.6) is 0 Å². The lowest BCUT2D eigenvalue weighted by atomic mass is 10.1. The highest BCUT2D eigenvalue weighted by Gasteiger charge is 2.34. The Bertz CT molecular complexity index is 959. The average Bonchev–Trinajstić information content (AvgIpc) is 3.06. The van der Waals surface area contributed by atoms with E-state index in [0.29, 0.717) is 6.54 Å². The normalized spacial score (nSPS) is 17.9. The monoisotopic (exact) mass is 394 g/mol. The number of halogens is 2. The van der Waals surface area contributed by atoms with Crippen molar-refractivity contribution < 1.29 is 4.39 Å². The number of rotatable bonds is 5. The molecule has 0 amide bonds. The fraction of sp³-hybridized carbons (Fsp3) is 0.250. The predicted molar refractivity (Wildman–Crippen MR) is 113 cm³/mol. The Hall–Kier alpha value is -2.20. The van der Waals surface area contributed by atoms with Gasteiger partial charge in [0.05, 0.1) is 6.17 Å². The molecule has 4 rings (SSSR count). The van der Waals surface area contributed by atoms with Gasteiger partial charge in [-0.2, -0.15) is 0 Å². The fourth-order valence-corrected chi connectivity index (χ4v) is 4.27. The maximum Gasteiger partial charge on any atom is 0.127 e. The van der Waals surface area contributed by atoms with Crippen LogP contribution in [0.1, 0.15) is 28.4 Å². The molecule has 28 heavy (non-hydrogen) atoms. The number of nitrogens with zero attached hydrogens (tertiary/aromatic N) is 2. The topological polar surface area (TPSA) is 6.48 Å². The molecule has 1 saturated heterocycles. The molecule has 0 bridgehead atoms. The van der Waals surface area contributed by atoms with E-state index in [1.807, 2.05) is 30.3 Å². The number of aryl methyl sites for hydroxylation is 1. The van der Waals surface area contributed by atoms with Crippen LogP contribution in [0.3, 0.4) is 0 Å². The number of hydrogen-bond acceptors (Lipinski definition) is 2. The molecule has 3 aromatic rings. The lowest BCUT2D eigenvalue weighted by molar-refractivity contribution is 0.125. The van der Waals surface area contributed by atoms with Gasteiger partial charge in [-0.1, -0.05) is 77.8 Å². The second kappa shape index (κ2) is 8.44. The van der Waals surface area contributed by atoms with Gasteiger partial charge in [0.2, 0.25) is 0 Å². The molecular weight excluding hydrogens is 371 g/mol. The Morgan fingerprint density at radius 3 is 2.36 bits per heavy atom. The Balaban J connectivity index is 1.65. The molecular formula is C24H24ClFN2. The quantitative estimate of drug-likeness (QED) is 0.539. The largest absolute Gasteiger partial charge is 0.278 e. The molecule has 4 heteroatoms. The van der Waals surface area contributed by atoms with Crippen LogP contribution in [-0.2, 0) is 13.1 Å². The third-order valence-corrected chi connectivity index (χ3v) is 5.69. The van der Waals surface area contributed by atoms with Gasteiger partial charge in [0.15, 0.2) is 0 Å². The summed E-state index contributed by atoms with van der Waals surface area (Å²) in [4.78, 5) is 4.74. The standard InChI is InChI=1S/C24H24ClFN2/c1-18-7-6-8-19(15-18)16-27-13-14-28(17-20-9-2-5-12-23(20)26)24(27)21-10-3-4-11-22(21)25/h2-12,15,24H,13-14,16-17H2,1H3/t24-/m1/s1. The lowest BCUT2D eigenvalue weighted by Crippen LogP contribution is -2.31. The zero-order chi connectivity index (χ0) is 19.5. The molecule has 1 atom stereocenters. The highest BCUT2D eigenvalue weighted by atomic mass is 35.5. The van der Waals surface area contributed by atoms with Crippen molar-refractivity contribution in [2.24, 2.45) is 0 Å². The van der Waals surface area contributed by atoms with Gasteiger partial charge in [0, 0.05) is 42.3 Å². The SMILES string of the molecule is Cc1cccc(CN2CCN(Cc3ccccc3F)[C@@H]2c2ccccc2Cl)c1. The van der Waals surface area contributed by atoms with Crippen LogP contribution in [0.15, 0.2) is 72.8 Å². The molecule has 1 heterocycles. The molecule has 0 saturated carbocycles. The van der Waals surface area contributed by atoms with E-state index in [9.17, 15) is 4.39 Å². The molecule has 3 aromatic carbocycles. The Labute approximate surface area is 171 Å². The maximum absolute atomic E-state index is 14.3. The van der Waals surface area contributed by atoms with E-state index in [4.69, 9.17) is 11.6 Å². The minimum absolute atomic E-state index is 0.0221. The van der Waals surface area contributed by atoms with Crippen molar-refractivity contribution in [3.8, 4) is 0 Å².